The van der Waals surface area contributed by atoms with Crippen molar-refractivity contribution in [3.8, 4) is 0 Å². The van der Waals surface area contributed by atoms with Crippen LogP contribution in [-0.2, 0) is 20.0 Å². The number of hydrogen-bond donors (Lipinski definition) is 0. The van der Waals surface area contributed by atoms with Gasteiger partial charge in [0.25, 0.3) is 0 Å². The lowest BCUT2D eigenvalue weighted by molar-refractivity contribution is 0.366. The summed E-state index contributed by atoms with van der Waals surface area (Å²) in [6.45, 7) is 2.43. The Labute approximate surface area is 174 Å². The van der Waals surface area contributed by atoms with Crippen LogP contribution in [0.5, 0.6) is 0 Å². The zero-order chi connectivity index (χ0) is 20.4. The highest BCUT2D eigenvalue weighted by molar-refractivity contribution is 9.10. The molecule has 0 spiro atoms. The van der Waals surface area contributed by atoms with Crippen molar-refractivity contribution in [2.45, 2.75) is 16.7 Å². The molecular formula is C19H21BrN2O4S2. The highest BCUT2D eigenvalue weighted by Crippen LogP contribution is 2.25. The molecule has 0 amide bonds. The minimum atomic E-state index is -3.76. The van der Waals surface area contributed by atoms with Crippen LogP contribution < -0.4 is 0 Å². The van der Waals surface area contributed by atoms with Crippen LogP contribution in [0, 0.1) is 6.92 Å². The largest absolute Gasteiger partial charge is 0.244 e. The van der Waals surface area contributed by atoms with Gasteiger partial charge in [0, 0.05) is 30.7 Å². The van der Waals surface area contributed by atoms with Gasteiger partial charge >= 0.3 is 0 Å². The van der Waals surface area contributed by atoms with E-state index in [9.17, 15) is 16.8 Å². The molecule has 2 aromatic carbocycles. The first-order valence-electron chi connectivity index (χ1n) is 8.69. The maximum atomic E-state index is 13.0. The maximum absolute atomic E-state index is 13.0. The molecular weight excluding hydrogens is 464 g/mol. The summed E-state index contributed by atoms with van der Waals surface area (Å²) in [6, 6.07) is 13.2. The van der Waals surface area contributed by atoms with Gasteiger partial charge in [-0.15, -0.1) is 0 Å². The standard InChI is InChI=1S/C19H21BrN2O4S2/c1-16-8-10-17(11-9-16)27(23,24)21-12-4-5-13-22(15-14-21)28(25,26)19-7-3-2-6-18(19)20/h2-11H,12-15H2,1H3/b5-4-. The van der Waals surface area contributed by atoms with E-state index in [0.717, 1.165) is 5.56 Å². The monoisotopic (exact) mass is 484 g/mol. The quantitative estimate of drug-likeness (QED) is 0.625. The van der Waals surface area contributed by atoms with Crippen LogP contribution >= 0.6 is 15.9 Å². The Balaban J connectivity index is 1.86. The first kappa shape index (κ1) is 21.2. The second-order valence-corrected chi connectivity index (χ2v) is 11.1. The van der Waals surface area contributed by atoms with E-state index in [4.69, 9.17) is 0 Å². The molecule has 0 aliphatic carbocycles. The van der Waals surface area contributed by atoms with Crippen molar-refractivity contribution >= 4 is 36.0 Å². The average Bonchev–Trinajstić information content (AvgIpc) is 2.61. The average molecular weight is 485 g/mol. The third-order valence-corrected chi connectivity index (χ3v) is 9.25. The zero-order valence-corrected chi connectivity index (χ0v) is 18.5. The third kappa shape index (κ3) is 4.38. The molecule has 0 radical (unpaired) electrons. The van der Waals surface area contributed by atoms with Gasteiger partial charge in [0.1, 0.15) is 0 Å². The lowest BCUT2D eigenvalue weighted by Crippen LogP contribution is -2.42. The summed E-state index contributed by atoms with van der Waals surface area (Å²) in [4.78, 5) is 0.365. The second-order valence-electron chi connectivity index (χ2n) is 6.44. The molecule has 1 aliphatic heterocycles. The second kappa shape index (κ2) is 8.46. The fourth-order valence-electron chi connectivity index (χ4n) is 2.88. The van der Waals surface area contributed by atoms with Gasteiger partial charge in [0.05, 0.1) is 9.79 Å². The highest BCUT2D eigenvalue weighted by Gasteiger charge is 2.30. The van der Waals surface area contributed by atoms with Gasteiger partial charge in [-0.3, -0.25) is 0 Å². The summed E-state index contributed by atoms with van der Waals surface area (Å²) in [6.07, 6.45) is 3.37. The molecule has 0 unspecified atom stereocenters. The first-order chi connectivity index (χ1) is 13.2. The van der Waals surface area contributed by atoms with Crippen molar-refractivity contribution in [1.82, 2.24) is 8.61 Å². The van der Waals surface area contributed by atoms with Crippen molar-refractivity contribution in [2.75, 3.05) is 26.2 Å². The molecule has 0 saturated heterocycles. The maximum Gasteiger partial charge on any atom is 0.244 e. The van der Waals surface area contributed by atoms with Crippen LogP contribution in [0.3, 0.4) is 0 Å². The third-order valence-electron chi connectivity index (χ3n) is 4.50. The summed E-state index contributed by atoms with van der Waals surface area (Å²) in [7, 11) is -7.47. The van der Waals surface area contributed by atoms with Gasteiger partial charge in [-0.05, 0) is 47.1 Å². The predicted molar refractivity (Wildman–Crippen MR) is 112 cm³/mol. The molecule has 0 bridgehead atoms. The van der Waals surface area contributed by atoms with E-state index >= 15 is 0 Å². The number of aryl methyl sites for hydroxylation is 1. The minimum Gasteiger partial charge on any atom is -0.207 e. The van der Waals surface area contributed by atoms with Crippen molar-refractivity contribution in [1.29, 1.82) is 0 Å². The summed E-state index contributed by atoms with van der Waals surface area (Å²) in [5, 5.41) is 0. The molecule has 9 heteroatoms. The normalized spacial score (nSPS) is 18.4. The Morgan fingerprint density at radius 1 is 0.786 bits per heavy atom. The van der Waals surface area contributed by atoms with Crippen molar-refractivity contribution in [3.05, 3.63) is 70.7 Å². The molecule has 0 aromatic heterocycles. The first-order valence-corrected chi connectivity index (χ1v) is 12.4. The SMILES string of the molecule is Cc1ccc(S(=O)(=O)N2C/C=C\CN(S(=O)(=O)c3ccccc3Br)CC2)cc1. The number of halogens is 1. The van der Waals surface area contributed by atoms with Crippen LogP contribution in [0.25, 0.3) is 0 Å². The van der Waals surface area contributed by atoms with Gasteiger partial charge in [-0.25, -0.2) is 16.8 Å². The fourth-order valence-corrected chi connectivity index (χ4v) is 6.61. The zero-order valence-electron chi connectivity index (χ0n) is 15.3. The van der Waals surface area contributed by atoms with Crippen LogP contribution in [0.2, 0.25) is 0 Å². The van der Waals surface area contributed by atoms with Gasteiger partial charge in [0.15, 0.2) is 0 Å². The van der Waals surface area contributed by atoms with Crippen molar-refractivity contribution in [2.24, 2.45) is 0 Å². The number of hydrogen-bond acceptors (Lipinski definition) is 4. The molecule has 2 aromatic rings. The van der Waals surface area contributed by atoms with Gasteiger partial charge in [0.2, 0.25) is 20.0 Å². The lowest BCUT2D eigenvalue weighted by atomic mass is 10.2. The molecule has 1 heterocycles. The number of sulfonamides is 2. The Hall–Kier alpha value is -1.52. The van der Waals surface area contributed by atoms with E-state index in [1.807, 2.05) is 6.92 Å². The molecule has 150 valence electrons. The Bertz CT molecular complexity index is 1080. The smallest absolute Gasteiger partial charge is 0.207 e. The molecule has 0 saturated carbocycles. The molecule has 1 aliphatic rings. The minimum absolute atomic E-state index is 0.0686. The van der Waals surface area contributed by atoms with Crippen molar-refractivity contribution < 1.29 is 16.8 Å². The summed E-state index contributed by atoms with van der Waals surface area (Å²) in [5.74, 6) is 0. The van der Waals surface area contributed by atoms with E-state index in [1.165, 1.54) is 14.7 Å². The summed E-state index contributed by atoms with van der Waals surface area (Å²) < 4.78 is 55.1. The van der Waals surface area contributed by atoms with Gasteiger partial charge in [-0.1, -0.05) is 42.0 Å². The molecule has 28 heavy (non-hydrogen) atoms. The Morgan fingerprint density at radius 3 is 1.89 bits per heavy atom. The van der Waals surface area contributed by atoms with Gasteiger partial charge in [-0.2, -0.15) is 8.61 Å². The van der Waals surface area contributed by atoms with Crippen LogP contribution in [0.4, 0.5) is 0 Å². The van der Waals surface area contributed by atoms with E-state index < -0.39 is 20.0 Å². The molecule has 6 nitrogen and oxygen atoms in total. The van der Waals surface area contributed by atoms with Crippen LogP contribution in [0.15, 0.2) is 74.9 Å². The lowest BCUT2D eigenvalue weighted by Gasteiger charge is -2.28. The molecule has 0 fully saturated rings. The molecule has 0 N–H and O–H groups in total. The molecule has 0 atom stereocenters. The summed E-state index contributed by atoms with van der Waals surface area (Å²) >= 11 is 3.28. The Kier molecular flexibility index (Phi) is 6.41. The number of nitrogens with zero attached hydrogens (tertiary/aromatic N) is 2. The van der Waals surface area contributed by atoms with E-state index in [1.54, 1.807) is 54.6 Å². The van der Waals surface area contributed by atoms with Crippen LogP contribution in [-0.4, -0.2) is 51.6 Å². The number of benzene rings is 2. The summed E-state index contributed by atoms with van der Waals surface area (Å²) in [5.41, 5.74) is 0.970. The molecule has 3 rings (SSSR count). The number of rotatable bonds is 4. The van der Waals surface area contributed by atoms with Gasteiger partial charge < -0.3 is 0 Å². The Morgan fingerprint density at radius 2 is 1.32 bits per heavy atom. The fraction of sp³-hybridized carbons (Fsp3) is 0.263. The highest BCUT2D eigenvalue weighted by atomic mass is 79.9. The predicted octanol–water partition coefficient (Wildman–Crippen LogP) is 3.01. The van der Waals surface area contributed by atoms with E-state index in [-0.39, 0.29) is 36.0 Å². The topological polar surface area (TPSA) is 74.8 Å². The van der Waals surface area contributed by atoms with Crippen LogP contribution in [0.1, 0.15) is 5.56 Å². The van der Waals surface area contributed by atoms with Crippen molar-refractivity contribution in [3.63, 3.8) is 0 Å². The van der Waals surface area contributed by atoms with E-state index in [2.05, 4.69) is 15.9 Å². The van der Waals surface area contributed by atoms with E-state index in [0.29, 0.717) is 4.47 Å².